The Morgan fingerprint density at radius 2 is 1.83 bits per heavy atom. The molecule has 41 heavy (non-hydrogen) atoms. The van der Waals surface area contributed by atoms with Gasteiger partial charge in [-0.1, -0.05) is 64.8 Å². The number of nitrogens with one attached hydrogen (secondary N) is 1. The van der Waals surface area contributed by atoms with Crippen molar-refractivity contribution >= 4 is 29.2 Å². The molecule has 222 valence electrons. The summed E-state index contributed by atoms with van der Waals surface area (Å²) in [5.74, 6) is -0.601. The molecule has 8 nitrogen and oxygen atoms in total. The van der Waals surface area contributed by atoms with Crippen molar-refractivity contribution in [2.24, 2.45) is 16.3 Å². The van der Waals surface area contributed by atoms with Crippen molar-refractivity contribution in [3.63, 3.8) is 0 Å². The van der Waals surface area contributed by atoms with E-state index in [1.54, 1.807) is 0 Å². The monoisotopic (exact) mass is 562 g/mol. The predicted octanol–water partition coefficient (Wildman–Crippen LogP) is 5.63. The third kappa shape index (κ3) is 6.57. The molecule has 1 atom stereocenters. The van der Waals surface area contributed by atoms with Gasteiger partial charge in [-0.25, -0.2) is 0 Å². The molecule has 0 saturated heterocycles. The van der Waals surface area contributed by atoms with E-state index in [1.165, 1.54) is 0 Å². The van der Waals surface area contributed by atoms with Crippen LogP contribution in [-0.4, -0.2) is 51.8 Å². The molecule has 0 bridgehead atoms. The maximum atomic E-state index is 14.3. The van der Waals surface area contributed by atoms with Gasteiger partial charge in [-0.3, -0.25) is 19.4 Å². The minimum atomic E-state index is -0.940. The summed E-state index contributed by atoms with van der Waals surface area (Å²) in [6.45, 7) is 9.21. The molecule has 0 aromatic heterocycles. The van der Waals surface area contributed by atoms with E-state index in [0.717, 1.165) is 56.1 Å². The number of nitrogen functional groups attached to an aromatic ring is 1. The van der Waals surface area contributed by atoms with Gasteiger partial charge >= 0.3 is 5.97 Å². The van der Waals surface area contributed by atoms with Crippen molar-refractivity contribution in [3.05, 3.63) is 53.1 Å². The fraction of sp³-hybridized carbons (Fsp3) is 0.576. The first-order chi connectivity index (χ1) is 19.5. The van der Waals surface area contributed by atoms with Crippen molar-refractivity contribution in [1.29, 1.82) is 0 Å². The number of benzene rings is 1. The minimum Gasteiger partial charge on any atom is -0.481 e. The van der Waals surface area contributed by atoms with Crippen LogP contribution < -0.4 is 11.1 Å². The van der Waals surface area contributed by atoms with Crippen LogP contribution in [0.5, 0.6) is 0 Å². The largest absolute Gasteiger partial charge is 0.481 e. The molecule has 1 unspecified atom stereocenters. The van der Waals surface area contributed by atoms with Crippen LogP contribution in [0.1, 0.15) is 97.5 Å². The molecular formula is C33H46N4O4. The van der Waals surface area contributed by atoms with Gasteiger partial charge in [0.2, 0.25) is 5.91 Å². The van der Waals surface area contributed by atoms with E-state index in [1.807, 2.05) is 36.4 Å². The van der Waals surface area contributed by atoms with E-state index >= 15 is 0 Å². The zero-order valence-corrected chi connectivity index (χ0v) is 25.0. The van der Waals surface area contributed by atoms with E-state index in [2.05, 4.69) is 37.9 Å². The SMILES string of the molecule is CCCC(C1=CC=C(C(=O)NCCC(=O)O)CC1)N1C(=O)C(c2ccc(N)cc2)=NC12CCC(C(C)(C)CC)CC2. The summed E-state index contributed by atoms with van der Waals surface area (Å²) in [4.78, 5) is 45.1. The number of hydrogen-bond donors (Lipinski definition) is 3. The Bertz CT molecular complexity index is 1240. The van der Waals surface area contributed by atoms with E-state index < -0.39 is 11.6 Å². The Hall–Kier alpha value is -3.42. The third-order valence-corrected chi connectivity index (χ3v) is 9.58. The number of anilines is 1. The molecule has 1 aromatic rings. The number of amides is 2. The Balaban J connectivity index is 1.65. The molecule has 2 amide bonds. The van der Waals surface area contributed by atoms with Crippen LogP contribution in [0, 0.1) is 11.3 Å². The number of carboxylic acids is 1. The number of carboxylic acid groups (broad SMARTS) is 1. The molecule has 3 aliphatic rings. The van der Waals surface area contributed by atoms with Gasteiger partial charge in [0, 0.05) is 23.4 Å². The first-order valence-electron chi connectivity index (χ1n) is 15.2. The summed E-state index contributed by atoms with van der Waals surface area (Å²) < 4.78 is 0. The van der Waals surface area contributed by atoms with Crippen molar-refractivity contribution in [1.82, 2.24) is 10.2 Å². The molecule has 2 aliphatic carbocycles. The first kappa shape index (κ1) is 30.5. The van der Waals surface area contributed by atoms with Crippen LogP contribution in [0.25, 0.3) is 0 Å². The van der Waals surface area contributed by atoms with Gasteiger partial charge in [0.15, 0.2) is 0 Å². The summed E-state index contributed by atoms with van der Waals surface area (Å²) >= 11 is 0. The lowest BCUT2D eigenvalue weighted by Gasteiger charge is -2.48. The first-order valence-corrected chi connectivity index (χ1v) is 15.2. The molecule has 1 fully saturated rings. The standard InChI is InChI=1S/C33H46N4O4/c1-5-7-27(22-8-10-24(11-9-22)30(40)35-21-18-28(38)39)37-31(41)29(23-12-14-26(34)15-13-23)36-33(37)19-16-25(17-20-33)32(3,4)6-2/h8,10,12-15,25,27H,5-7,9,11,16-21,34H2,1-4H3,(H,35,40)(H,38,39). The summed E-state index contributed by atoms with van der Waals surface area (Å²) in [6, 6.07) is 7.32. The lowest BCUT2D eigenvalue weighted by Crippen LogP contribution is -2.55. The number of carbonyl (C=O) groups is 3. The molecule has 4 N–H and O–H groups in total. The van der Waals surface area contributed by atoms with Crippen LogP contribution in [0.2, 0.25) is 0 Å². The molecule has 1 aliphatic heterocycles. The smallest absolute Gasteiger partial charge is 0.305 e. The summed E-state index contributed by atoms with van der Waals surface area (Å²) in [6.07, 6.45) is 11.6. The third-order valence-electron chi connectivity index (χ3n) is 9.58. The van der Waals surface area contributed by atoms with Gasteiger partial charge in [-0.2, -0.15) is 0 Å². The van der Waals surface area contributed by atoms with Crippen molar-refractivity contribution in [2.45, 2.75) is 104 Å². The van der Waals surface area contributed by atoms with Gasteiger partial charge in [-0.05, 0) is 74.0 Å². The highest BCUT2D eigenvalue weighted by molar-refractivity contribution is 6.46. The van der Waals surface area contributed by atoms with Crippen LogP contribution in [0.15, 0.2) is 52.6 Å². The highest BCUT2D eigenvalue weighted by atomic mass is 16.4. The molecule has 1 aromatic carbocycles. The summed E-state index contributed by atoms with van der Waals surface area (Å²) in [5, 5.41) is 11.6. The number of carbonyl (C=O) groups excluding carboxylic acids is 2. The van der Waals surface area contributed by atoms with Gasteiger partial charge in [0.05, 0.1) is 12.5 Å². The van der Waals surface area contributed by atoms with Crippen LogP contribution in [0.4, 0.5) is 5.69 Å². The van der Waals surface area contributed by atoms with Crippen molar-refractivity contribution in [3.8, 4) is 0 Å². The molecular weight excluding hydrogens is 516 g/mol. The Kier molecular flexibility index (Phi) is 9.40. The Morgan fingerprint density at radius 1 is 1.15 bits per heavy atom. The number of allylic oxidation sites excluding steroid dienone is 2. The Morgan fingerprint density at radius 3 is 2.39 bits per heavy atom. The Labute approximate surface area is 244 Å². The number of rotatable bonds is 11. The number of hydrogen-bond acceptors (Lipinski definition) is 5. The average Bonchev–Trinajstić information content (AvgIpc) is 3.23. The maximum Gasteiger partial charge on any atom is 0.305 e. The van der Waals surface area contributed by atoms with Crippen LogP contribution >= 0.6 is 0 Å². The normalized spacial score (nSPS) is 23.6. The summed E-state index contributed by atoms with van der Waals surface area (Å²) in [7, 11) is 0. The molecule has 8 heteroatoms. The van der Waals surface area contributed by atoms with E-state index in [4.69, 9.17) is 15.8 Å². The van der Waals surface area contributed by atoms with E-state index in [9.17, 15) is 14.4 Å². The minimum absolute atomic E-state index is 0.0245. The second kappa shape index (κ2) is 12.6. The second-order valence-corrected chi connectivity index (χ2v) is 12.5. The highest BCUT2D eigenvalue weighted by Gasteiger charge is 2.53. The quantitative estimate of drug-likeness (QED) is 0.302. The number of nitrogens with two attached hydrogens (primary N) is 1. The lowest BCUT2D eigenvalue weighted by atomic mass is 9.67. The molecule has 1 heterocycles. The van der Waals surface area contributed by atoms with Crippen LogP contribution in [0.3, 0.4) is 0 Å². The highest BCUT2D eigenvalue weighted by Crippen LogP contribution is 2.49. The molecule has 0 radical (unpaired) electrons. The predicted molar refractivity (Wildman–Crippen MR) is 162 cm³/mol. The number of aliphatic carboxylic acids is 1. The van der Waals surface area contributed by atoms with Crippen molar-refractivity contribution in [2.75, 3.05) is 12.3 Å². The van der Waals surface area contributed by atoms with Crippen molar-refractivity contribution < 1.29 is 19.5 Å². The van der Waals surface area contributed by atoms with Gasteiger partial charge in [0.1, 0.15) is 11.4 Å². The maximum absolute atomic E-state index is 14.3. The molecule has 1 spiro atoms. The van der Waals surface area contributed by atoms with Crippen LogP contribution in [-0.2, 0) is 14.4 Å². The van der Waals surface area contributed by atoms with E-state index in [0.29, 0.717) is 35.7 Å². The fourth-order valence-electron chi connectivity index (χ4n) is 6.65. The van der Waals surface area contributed by atoms with E-state index in [-0.39, 0.29) is 36.2 Å². The average molecular weight is 563 g/mol. The molecule has 1 saturated carbocycles. The van der Waals surface area contributed by atoms with Gasteiger partial charge < -0.3 is 21.1 Å². The zero-order chi connectivity index (χ0) is 29.8. The van der Waals surface area contributed by atoms with Gasteiger partial charge in [0.25, 0.3) is 5.91 Å². The zero-order valence-electron chi connectivity index (χ0n) is 25.0. The fourth-order valence-corrected chi connectivity index (χ4v) is 6.65. The number of aliphatic imine (C=N–C) groups is 1. The lowest BCUT2D eigenvalue weighted by molar-refractivity contribution is -0.137. The second-order valence-electron chi connectivity index (χ2n) is 12.5. The van der Waals surface area contributed by atoms with Gasteiger partial charge in [-0.15, -0.1) is 0 Å². The molecule has 4 rings (SSSR count). The topological polar surface area (TPSA) is 125 Å². The summed E-state index contributed by atoms with van der Waals surface area (Å²) in [5.41, 5.74) is 9.37. The number of nitrogens with zero attached hydrogens (tertiary/aromatic N) is 2.